The Balaban J connectivity index is 1.11. The Labute approximate surface area is 222 Å². The summed E-state index contributed by atoms with van der Waals surface area (Å²) in [6.07, 6.45) is 2.51. The fourth-order valence-corrected chi connectivity index (χ4v) is 6.06. The highest BCUT2D eigenvalue weighted by atomic mass is 32.2. The van der Waals surface area contributed by atoms with Gasteiger partial charge in [0, 0.05) is 51.5 Å². The van der Waals surface area contributed by atoms with Gasteiger partial charge >= 0.3 is 11.7 Å². The number of amides is 2. The minimum Gasteiger partial charge on any atom is -0.322 e. The van der Waals surface area contributed by atoms with E-state index in [1.54, 1.807) is 17.2 Å². The van der Waals surface area contributed by atoms with E-state index in [0.29, 0.717) is 49.1 Å². The highest BCUT2D eigenvalue weighted by Crippen LogP contribution is 2.51. The first-order valence-corrected chi connectivity index (χ1v) is 14.6. The maximum Gasteiger partial charge on any atom is 0.354 e. The number of piperidine rings is 1. The maximum absolute atomic E-state index is 12.6. The molecule has 206 valence electrons. The van der Waals surface area contributed by atoms with Crippen molar-refractivity contribution in [3.05, 3.63) is 52.6 Å². The Morgan fingerprint density at radius 3 is 2.47 bits per heavy atom. The first-order chi connectivity index (χ1) is 18.2. The molecule has 38 heavy (non-hydrogen) atoms. The minimum absolute atomic E-state index is 0.236. The van der Waals surface area contributed by atoms with E-state index in [-0.39, 0.29) is 11.8 Å². The lowest BCUT2D eigenvalue weighted by atomic mass is 10.0. The van der Waals surface area contributed by atoms with Gasteiger partial charge in [-0.25, -0.2) is 9.59 Å². The first kappa shape index (κ1) is 26.8. The number of piperazine rings is 1. The number of aromatic nitrogens is 2. The van der Waals surface area contributed by atoms with Gasteiger partial charge in [-0.1, -0.05) is 12.1 Å². The fraction of sp³-hybridized carbons (Fsp3) is 0.560. The number of anilines is 1. The number of hydrogen-bond donors (Lipinski definition) is 4. The average molecular weight is 546 g/mol. The summed E-state index contributed by atoms with van der Waals surface area (Å²) in [4.78, 5) is 33.2. The molecule has 1 aliphatic carbocycles. The zero-order valence-corrected chi connectivity index (χ0v) is 22.2. The summed E-state index contributed by atoms with van der Waals surface area (Å²) < 4.78 is 32.0. The Bertz CT molecular complexity index is 1300. The molecule has 2 aliphatic heterocycles. The van der Waals surface area contributed by atoms with Crippen LogP contribution in [0, 0.1) is 17.8 Å². The Hall–Kier alpha value is -2.84. The Morgan fingerprint density at radius 2 is 1.84 bits per heavy atom. The molecule has 5 rings (SSSR count). The van der Waals surface area contributed by atoms with Crippen LogP contribution in [-0.4, -0.2) is 96.1 Å². The number of rotatable bonds is 9. The molecule has 2 saturated heterocycles. The van der Waals surface area contributed by atoms with E-state index in [0.717, 1.165) is 32.6 Å². The monoisotopic (exact) mass is 545 g/mol. The van der Waals surface area contributed by atoms with Crippen LogP contribution in [0.2, 0.25) is 0 Å². The number of nitrogens with one attached hydrogen (secondary N) is 3. The second-order valence-electron chi connectivity index (χ2n) is 10.5. The number of likely N-dealkylation sites (tertiary alicyclic amines) is 1. The second kappa shape index (κ2) is 11.1. The molecule has 1 aromatic heterocycles. The van der Waals surface area contributed by atoms with Crippen molar-refractivity contribution in [1.29, 1.82) is 0 Å². The van der Waals surface area contributed by atoms with Crippen LogP contribution in [0.4, 0.5) is 10.6 Å². The van der Waals surface area contributed by atoms with Crippen molar-refractivity contribution in [3.63, 3.8) is 0 Å². The van der Waals surface area contributed by atoms with Gasteiger partial charge in [-0.3, -0.25) is 19.3 Å². The molecule has 3 heterocycles. The van der Waals surface area contributed by atoms with E-state index < -0.39 is 21.7 Å². The lowest BCUT2D eigenvalue weighted by Crippen LogP contribution is -2.48. The first-order valence-electron chi connectivity index (χ1n) is 13.0. The molecule has 1 aromatic carbocycles. The summed E-state index contributed by atoms with van der Waals surface area (Å²) >= 11 is 0. The van der Waals surface area contributed by atoms with Crippen LogP contribution in [0.25, 0.3) is 5.69 Å². The molecule has 0 bridgehead atoms. The summed E-state index contributed by atoms with van der Waals surface area (Å²) in [7, 11) is -3.97. The molecule has 4 atom stereocenters. The quantitative estimate of drug-likeness (QED) is 0.325. The van der Waals surface area contributed by atoms with Crippen molar-refractivity contribution in [2.75, 3.05) is 57.0 Å². The van der Waals surface area contributed by atoms with Crippen molar-refractivity contribution < 1.29 is 17.8 Å². The lowest BCUT2D eigenvalue weighted by Gasteiger charge is -2.27. The topological polar surface area (TPSA) is 149 Å². The average Bonchev–Trinajstić information content (AvgIpc) is 3.32. The van der Waals surface area contributed by atoms with Crippen LogP contribution < -0.4 is 21.6 Å². The van der Waals surface area contributed by atoms with Gasteiger partial charge in [-0.05, 0) is 61.4 Å². The van der Waals surface area contributed by atoms with Crippen molar-refractivity contribution in [3.8, 4) is 5.69 Å². The highest BCUT2D eigenvalue weighted by molar-refractivity contribution is 7.85. The van der Waals surface area contributed by atoms with E-state index in [4.69, 9.17) is 4.55 Å². The molecule has 0 radical (unpaired) electrons. The maximum atomic E-state index is 12.6. The zero-order chi connectivity index (χ0) is 26.9. The largest absolute Gasteiger partial charge is 0.354 e. The zero-order valence-electron chi connectivity index (χ0n) is 21.4. The lowest BCUT2D eigenvalue weighted by molar-refractivity contribution is 0.203. The predicted octanol–water partition coefficient (Wildman–Crippen LogP) is 0.213. The summed E-state index contributed by atoms with van der Waals surface area (Å²) in [5, 5.41) is 8.74. The molecule has 2 aromatic rings. The van der Waals surface area contributed by atoms with Gasteiger partial charge in [0.1, 0.15) is 11.7 Å². The van der Waals surface area contributed by atoms with Crippen LogP contribution in [0.15, 0.2) is 41.3 Å². The molecular formula is C25H35N7O5S. The molecule has 4 N–H and O–H groups in total. The van der Waals surface area contributed by atoms with Gasteiger partial charge in [0.25, 0.3) is 10.1 Å². The SMILES string of the molecule is CC(Cc1ccc(-n2ccc(NC(=O)N3CCNCC3)nc2=O)cc1)N1C[C@@H]2C(CNCS(=O)(=O)O)[C@@H]2C1. The van der Waals surface area contributed by atoms with Crippen molar-refractivity contribution >= 4 is 22.0 Å². The standard InChI is InChI=1S/C25H35N7O5S/c1-17(31-14-21-20(22(21)15-31)13-27-16-38(35,36)37)12-18-2-4-19(5-3-18)32-9-6-23(29-25(32)34)28-24(33)30-10-7-26-8-11-30/h2-6,9,17,20-22,26-27H,7-8,10-16H2,1H3,(H,35,36,37)(H,28,29,33,34)/t17?,20?,21-,22+. The van der Waals surface area contributed by atoms with E-state index in [9.17, 15) is 18.0 Å². The smallest absolute Gasteiger partial charge is 0.322 e. The van der Waals surface area contributed by atoms with Crippen LogP contribution in [-0.2, 0) is 16.5 Å². The summed E-state index contributed by atoms with van der Waals surface area (Å²) in [6, 6.07) is 9.60. The van der Waals surface area contributed by atoms with Gasteiger partial charge in [0.05, 0.1) is 5.69 Å². The fourth-order valence-electron chi connectivity index (χ4n) is 5.69. The van der Waals surface area contributed by atoms with Crippen molar-refractivity contribution in [2.24, 2.45) is 17.8 Å². The summed E-state index contributed by atoms with van der Waals surface area (Å²) in [5.41, 5.74) is 1.43. The molecule has 13 heteroatoms. The van der Waals surface area contributed by atoms with E-state index in [1.165, 1.54) is 10.1 Å². The third-order valence-electron chi connectivity index (χ3n) is 7.88. The number of carbonyl (C=O) groups is 1. The molecule has 2 amide bonds. The van der Waals surface area contributed by atoms with Crippen molar-refractivity contribution in [1.82, 2.24) is 30.0 Å². The second-order valence-corrected chi connectivity index (χ2v) is 11.9. The van der Waals surface area contributed by atoms with Crippen LogP contribution in [0.3, 0.4) is 0 Å². The van der Waals surface area contributed by atoms with Gasteiger partial charge in [-0.15, -0.1) is 0 Å². The molecule has 1 saturated carbocycles. The van der Waals surface area contributed by atoms with Gasteiger partial charge < -0.3 is 15.5 Å². The highest BCUT2D eigenvalue weighted by Gasteiger charge is 2.55. The molecule has 2 unspecified atom stereocenters. The van der Waals surface area contributed by atoms with Gasteiger partial charge in [0.15, 0.2) is 0 Å². The Morgan fingerprint density at radius 1 is 1.16 bits per heavy atom. The van der Waals surface area contributed by atoms with E-state index in [2.05, 4.69) is 32.8 Å². The van der Waals surface area contributed by atoms with Crippen LogP contribution in [0.5, 0.6) is 0 Å². The molecule has 12 nitrogen and oxygen atoms in total. The summed E-state index contributed by atoms with van der Waals surface area (Å²) in [5.74, 6) is 1.49. The summed E-state index contributed by atoms with van der Waals surface area (Å²) in [6.45, 7) is 7.56. The van der Waals surface area contributed by atoms with Crippen LogP contribution in [0.1, 0.15) is 12.5 Å². The number of nitrogens with zero attached hydrogens (tertiary/aromatic N) is 4. The van der Waals surface area contributed by atoms with E-state index >= 15 is 0 Å². The number of hydrogen-bond acceptors (Lipinski definition) is 8. The van der Waals surface area contributed by atoms with Crippen molar-refractivity contribution in [2.45, 2.75) is 19.4 Å². The van der Waals surface area contributed by atoms with Crippen LogP contribution >= 0.6 is 0 Å². The Kier molecular flexibility index (Phi) is 7.82. The van der Waals surface area contributed by atoms with E-state index in [1.807, 2.05) is 24.3 Å². The molecule has 0 spiro atoms. The normalized spacial score (nSPS) is 24.2. The van der Waals surface area contributed by atoms with Gasteiger partial charge in [0.2, 0.25) is 0 Å². The number of urea groups is 1. The number of fused-ring (bicyclic) bond motifs is 1. The predicted molar refractivity (Wildman–Crippen MR) is 143 cm³/mol. The molecular weight excluding hydrogens is 510 g/mol. The number of carbonyl (C=O) groups excluding carboxylic acids is 1. The minimum atomic E-state index is -3.97. The third kappa shape index (κ3) is 6.41. The molecule has 3 aliphatic rings. The van der Waals surface area contributed by atoms with Gasteiger partial charge in [-0.2, -0.15) is 13.4 Å². The molecule has 3 fully saturated rings. The third-order valence-corrected chi connectivity index (χ3v) is 8.44. The number of benzene rings is 1.